The summed E-state index contributed by atoms with van der Waals surface area (Å²) in [6, 6.07) is 19.5. The summed E-state index contributed by atoms with van der Waals surface area (Å²) in [5.74, 6) is 0. The van der Waals surface area contributed by atoms with Crippen LogP contribution in [0.5, 0.6) is 0 Å². The van der Waals surface area contributed by atoms with Gasteiger partial charge in [0.15, 0.2) is 0 Å². The van der Waals surface area contributed by atoms with Gasteiger partial charge in [-0.05, 0) is 35.4 Å². The van der Waals surface area contributed by atoms with Crippen molar-refractivity contribution in [3.8, 4) is 0 Å². The fourth-order valence-corrected chi connectivity index (χ4v) is 4.81. The lowest BCUT2D eigenvalue weighted by molar-refractivity contribution is -0.689. The number of benzene rings is 3. The van der Waals surface area contributed by atoms with Crippen LogP contribution in [0.25, 0.3) is 0 Å². The van der Waals surface area contributed by atoms with Crippen LogP contribution in [0.4, 0.5) is 0 Å². The van der Waals surface area contributed by atoms with Gasteiger partial charge in [0.1, 0.15) is 13.1 Å². The highest BCUT2D eigenvalue weighted by molar-refractivity contribution is 6.35. The van der Waals surface area contributed by atoms with E-state index in [1.54, 1.807) is 12.1 Å². The zero-order valence-corrected chi connectivity index (χ0v) is 26.1. The molecule has 0 unspecified atom stereocenters. The van der Waals surface area contributed by atoms with Crippen LogP contribution < -0.4 is 43.1 Å². The van der Waals surface area contributed by atoms with Crippen LogP contribution in [-0.2, 0) is 26.2 Å². The molecule has 0 aliphatic heterocycles. The molecule has 12 heteroatoms. The molecule has 0 radical (unpaired) electrons. The summed E-state index contributed by atoms with van der Waals surface area (Å²) in [5.41, 5.74) is 4.31. The minimum atomic E-state index is 0. The van der Waals surface area contributed by atoms with Gasteiger partial charge in [0.2, 0.25) is 12.7 Å². The van der Waals surface area contributed by atoms with Crippen LogP contribution >= 0.6 is 46.4 Å². The van der Waals surface area contributed by atoms with E-state index in [1.807, 2.05) is 68.1 Å². The maximum atomic E-state index is 6.29. The monoisotopic (exact) mass is 716 g/mol. The van der Waals surface area contributed by atoms with Gasteiger partial charge in [0.25, 0.3) is 12.7 Å². The second-order valence-electron chi connectivity index (χ2n) is 8.52. The first-order valence-corrected chi connectivity index (χ1v) is 12.7. The number of hydrogen-bond acceptors (Lipinski definition) is 2. The van der Waals surface area contributed by atoms with E-state index in [2.05, 4.69) is 34.5 Å². The maximum Gasteiger partial charge on any atom is 0.265 e. The fourth-order valence-electron chi connectivity index (χ4n) is 3.87. The fraction of sp³-hybridized carbons (Fsp3) is 0.154. The van der Waals surface area contributed by atoms with Gasteiger partial charge < -0.3 is 34.0 Å². The molecule has 5 aromatic rings. The molecule has 0 spiro atoms. The quantitative estimate of drug-likeness (QED) is 0.203. The Bertz CT molecular complexity index is 1390. The van der Waals surface area contributed by atoms with Crippen molar-refractivity contribution in [3.63, 3.8) is 0 Å². The lowest BCUT2D eigenvalue weighted by Gasteiger charge is -2.02. The van der Waals surface area contributed by atoms with Crippen LogP contribution in [0.3, 0.4) is 0 Å². The van der Waals surface area contributed by atoms with E-state index in [1.165, 1.54) is 11.1 Å². The van der Waals surface area contributed by atoms with Gasteiger partial charge >= 0.3 is 0 Å². The van der Waals surface area contributed by atoms with Crippen molar-refractivity contribution in [2.45, 2.75) is 26.2 Å². The van der Waals surface area contributed by atoms with Gasteiger partial charge in [-0.25, -0.2) is 9.13 Å². The number of halogens is 6. The summed E-state index contributed by atoms with van der Waals surface area (Å²) in [4.78, 5) is 0. The number of aromatic nitrogens is 6. The Hall–Kier alpha value is -1.94. The van der Waals surface area contributed by atoms with Crippen LogP contribution in [0.1, 0.15) is 22.3 Å². The Morgan fingerprint density at radius 1 is 0.579 bits per heavy atom. The van der Waals surface area contributed by atoms with Crippen LogP contribution in [0.15, 0.2) is 86.0 Å². The van der Waals surface area contributed by atoms with E-state index in [0.29, 0.717) is 33.2 Å². The number of rotatable bonds is 8. The highest BCUT2D eigenvalue weighted by atomic mass is 79.9. The summed E-state index contributed by atoms with van der Waals surface area (Å²) in [6.45, 7) is 2.61. The van der Waals surface area contributed by atoms with Crippen molar-refractivity contribution in [1.29, 1.82) is 0 Å². The Kier molecular flexibility index (Phi) is 11.2. The largest absolute Gasteiger partial charge is 1.00 e. The molecule has 0 atom stereocenters. The first-order valence-electron chi connectivity index (χ1n) is 11.2. The SMILES string of the molecule is Clc1ccc(Cn2c[n+](Cc3ccc(C[n+]4cnn(Cc5ccc(Cl)cc5Cl)c4)cc3)cn2)c(Cl)c1.[Br-].[Br-]. The molecule has 2 heterocycles. The summed E-state index contributed by atoms with van der Waals surface area (Å²) in [7, 11) is 0. The van der Waals surface area contributed by atoms with E-state index in [9.17, 15) is 0 Å². The van der Waals surface area contributed by atoms with Crippen LogP contribution in [0.2, 0.25) is 20.1 Å². The molecule has 6 nitrogen and oxygen atoms in total. The average molecular weight is 720 g/mol. The molecule has 0 saturated carbocycles. The van der Waals surface area contributed by atoms with Crippen molar-refractivity contribution >= 4 is 46.4 Å². The Balaban J connectivity index is 0.00000200. The van der Waals surface area contributed by atoms with E-state index in [0.717, 1.165) is 24.2 Å². The standard InChI is InChI=1S/C26H22Cl4N6.2BrH/c27-23-7-5-21(25(29)9-23)13-35-17-33(15-31-35)11-19-1-2-20(4-3-19)12-34-16-32-36(18-34)14-22-6-8-24(28)10-26(22)30;;/h1-10,15-18H,11-14H2;2*1H/q+2;;/p-2. The summed E-state index contributed by atoms with van der Waals surface area (Å²) in [6.07, 6.45) is 7.57. The molecule has 0 N–H and O–H groups in total. The molecule has 0 aliphatic carbocycles. The van der Waals surface area contributed by atoms with Gasteiger partial charge in [-0.1, -0.05) is 82.8 Å². The molecule has 0 saturated heterocycles. The predicted molar refractivity (Wildman–Crippen MR) is 141 cm³/mol. The first-order chi connectivity index (χ1) is 17.4. The highest BCUT2D eigenvalue weighted by Gasteiger charge is 2.12. The molecule has 38 heavy (non-hydrogen) atoms. The third-order valence-electron chi connectivity index (χ3n) is 5.71. The molecule has 198 valence electrons. The summed E-state index contributed by atoms with van der Waals surface area (Å²) < 4.78 is 7.79. The van der Waals surface area contributed by atoms with Crippen molar-refractivity contribution in [2.24, 2.45) is 0 Å². The summed E-state index contributed by atoms with van der Waals surface area (Å²) >= 11 is 24.6. The normalized spacial score (nSPS) is 10.6. The minimum absolute atomic E-state index is 0. The summed E-state index contributed by atoms with van der Waals surface area (Å²) in [5, 5.41) is 11.4. The average Bonchev–Trinajstić information content (AvgIpc) is 3.48. The molecule has 0 bridgehead atoms. The predicted octanol–water partition coefficient (Wildman–Crippen LogP) is -0.531. The van der Waals surface area contributed by atoms with Gasteiger partial charge in [-0.2, -0.15) is 0 Å². The van der Waals surface area contributed by atoms with Crippen molar-refractivity contribution in [2.75, 3.05) is 0 Å². The highest BCUT2D eigenvalue weighted by Crippen LogP contribution is 2.22. The third kappa shape index (κ3) is 8.04. The molecular formula is C26H22Br2Cl4N6. The number of hydrogen-bond donors (Lipinski definition) is 0. The zero-order valence-electron chi connectivity index (χ0n) is 19.9. The van der Waals surface area contributed by atoms with E-state index < -0.39 is 0 Å². The second kappa shape index (κ2) is 13.9. The second-order valence-corrected chi connectivity index (χ2v) is 10.2. The number of nitrogens with zero attached hydrogens (tertiary/aromatic N) is 6. The zero-order chi connectivity index (χ0) is 25.1. The maximum absolute atomic E-state index is 6.29. The molecule has 5 rings (SSSR count). The van der Waals surface area contributed by atoms with Gasteiger partial charge in [0.05, 0.1) is 13.1 Å². The van der Waals surface area contributed by atoms with Crippen molar-refractivity contribution < 1.29 is 43.1 Å². The molecule has 3 aromatic carbocycles. The topological polar surface area (TPSA) is 43.4 Å². The molecular weight excluding hydrogens is 698 g/mol. The van der Waals surface area contributed by atoms with Crippen molar-refractivity contribution in [3.05, 3.63) is 128 Å². The van der Waals surface area contributed by atoms with E-state index in [4.69, 9.17) is 46.4 Å². The van der Waals surface area contributed by atoms with E-state index >= 15 is 0 Å². The third-order valence-corrected chi connectivity index (χ3v) is 6.88. The van der Waals surface area contributed by atoms with Gasteiger partial charge in [0, 0.05) is 41.4 Å². The molecule has 2 aromatic heterocycles. The minimum Gasteiger partial charge on any atom is -1.00 e. The Labute approximate surface area is 261 Å². The van der Waals surface area contributed by atoms with Gasteiger partial charge in [-0.3, -0.25) is 0 Å². The molecule has 0 aliphatic rings. The van der Waals surface area contributed by atoms with E-state index in [-0.39, 0.29) is 34.0 Å². The van der Waals surface area contributed by atoms with Crippen LogP contribution in [-0.4, -0.2) is 19.6 Å². The van der Waals surface area contributed by atoms with Crippen LogP contribution in [0, 0.1) is 0 Å². The van der Waals surface area contributed by atoms with Crippen molar-refractivity contribution in [1.82, 2.24) is 19.6 Å². The molecule has 0 amide bonds. The molecule has 0 fully saturated rings. The lowest BCUT2D eigenvalue weighted by atomic mass is 10.1. The Morgan fingerprint density at radius 2 is 0.974 bits per heavy atom. The smallest absolute Gasteiger partial charge is 0.265 e. The van der Waals surface area contributed by atoms with Gasteiger partial charge in [-0.15, -0.1) is 9.36 Å². The Morgan fingerprint density at radius 3 is 1.34 bits per heavy atom. The lowest BCUT2D eigenvalue weighted by Crippen LogP contribution is -3.00. The first kappa shape index (κ1) is 30.6.